The summed E-state index contributed by atoms with van der Waals surface area (Å²) in [5.41, 5.74) is 1.10. The highest BCUT2D eigenvalue weighted by molar-refractivity contribution is 5.82. The quantitative estimate of drug-likeness (QED) is 0.660. The van der Waals surface area contributed by atoms with Gasteiger partial charge in [-0.3, -0.25) is 4.79 Å². The van der Waals surface area contributed by atoms with Crippen LogP contribution in [-0.4, -0.2) is 23.5 Å². The summed E-state index contributed by atoms with van der Waals surface area (Å²) >= 11 is 0. The Kier molecular flexibility index (Phi) is 4.24. The van der Waals surface area contributed by atoms with Gasteiger partial charge in [0.1, 0.15) is 5.41 Å². The third-order valence-corrected chi connectivity index (χ3v) is 6.95. The topological polar surface area (TPSA) is 55.8 Å². The van der Waals surface area contributed by atoms with E-state index in [1.54, 1.807) is 0 Å². The van der Waals surface area contributed by atoms with Crippen LogP contribution in [0, 0.1) is 22.7 Å². The summed E-state index contributed by atoms with van der Waals surface area (Å²) in [7, 11) is 0. The number of aliphatic hydroxyl groups is 1. The summed E-state index contributed by atoms with van der Waals surface area (Å²) < 4.78 is 11.8. The maximum Gasteiger partial charge on any atom is 0.318 e. The van der Waals surface area contributed by atoms with E-state index in [9.17, 15) is 9.90 Å². The van der Waals surface area contributed by atoms with Gasteiger partial charge < -0.3 is 14.6 Å². The fraction of sp³-hybridized carbons (Fsp3) is 0.591. The minimum atomic E-state index is -0.904. The molecule has 1 N–H and O–H groups in total. The van der Waals surface area contributed by atoms with Crippen molar-refractivity contribution in [3.8, 4) is 0 Å². The highest BCUT2D eigenvalue weighted by atomic mass is 16.7. The largest absolute Gasteiger partial charge is 0.435 e. The van der Waals surface area contributed by atoms with Gasteiger partial charge in [-0.05, 0) is 42.6 Å². The normalized spacial score (nSPS) is 38.4. The average Bonchev–Trinajstić information content (AvgIpc) is 2.92. The molecule has 1 aliphatic heterocycles. The van der Waals surface area contributed by atoms with Crippen LogP contribution in [0.4, 0.5) is 0 Å². The summed E-state index contributed by atoms with van der Waals surface area (Å²) in [5.74, 6) is -0.481. The summed E-state index contributed by atoms with van der Waals surface area (Å²) in [6.07, 6.45) is 1.91. The number of rotatable bonds is 3. The van der Waals surface area contributed by atoms with Crippen LogP contribution in [0.5, 0.6) is 0 Å². The molecule has 2 aliphatic carbocycles. The van der Waals surface area contributed by atoms with Crippen molar-refractivity contribution in [2.45, 2.75) is 58.5 Å². The Morgan fingerprint density at radius 2 is 2.00 bits per heavy atom. The van der Waals surface area contributed by atoms with Crippen LogP contribution in [0.15, 0.2) is 42.5 Å². The Bertz CT molecular complexity index is 710. The van der Waals surface area contributed by atoms with Crippen LogP contribution in [-0.2, 0) is 20.9 Å². The molecule has 4 nitrogen and oxygen atoms in total. The van der Waals surface area contributed by atoms with E-state index >= 15 is 0 Å². The van der Waals surface area contributed by atoms with Crippen LogP contribution in [0.3, 0.4) is 0 Å². The van der Waals surface area contributed by atoms with Crippen molar-refractivity contribution in [1.82, 2.24) is 0 Å². The van der Waals surface area contributed by atoms with Gasteiger partial charge in [0.25, 0.3) is 0 Å². The molecule has 2 saturated carbocycles. The summed E-state index contributed by atoms with van der Waals surface area (Å²) in [6.45, 7) is 9.04. The number of aliphatic hydroxyl groups excluding tert-OH is 1. The van der Waals surface area contributed by atoms with Crippen LogP contribution in [0.25, 0.3) is 0 Å². The molecule has 4 heteroatoms. The van der Waals surface area contributed by atoms with E-state index < -0.39 is 17.8 Å². The maximum atomic E-state index is 13.1. The Balaban J connectivity index is 1.66. The number of hydrogen-bond donors (Lipinski definition) is 1. The molecule has 5 atom stereocenters. The molecular weight excluding hydrogens is 328 g/mol. The second-order valence-corrected chi connectivity index (χ2v) is 8.77. The van der Waals surface area contributed by atoms with E-state index in [1.165, 1.54) is 0 Å². The lowest BCUT2D eigenvalue weighted by atomic mass is 9.46. The molecule has 1 saturated heterocycles. The minimum Gasteiger partial charge on any atom is -0.435 e. The minimum absolute atomic E-state index is 0.00841. The number of carbonyl (C=O) groups is 1. The van der Waals surface area contributed by atoms with Gasteiger partial charge >= 0.3 is 5.97 Å². The standard InChI is InChI=1S/C22H28O4/c1-14-9-10-16-21(2,3)12-11-17(23)22(16)18(14)19(26-20(22)24)25-13-15-7-5-4-6-8-15/h4-8,16-19,23H,1,9-13H2,2-3H3/t16-,17+,18+,19-,22-/m0/s1. The number of benzene rings is 1. The lowest BCUT2D eigenvalue weighted by Crippen LogP contribution is -2.60. The molecule has 26 heavy (non-hydrogen) atoms. The van der Waals surface area contributed by atoms with E-state index in [2.05, 4.69) is 20.4 Å². The summed E-state index contributed by atoms with van der Waals surface area (Å²) in [5, 5.41) is 11.0. The molecule has 1 spiro atoms. The van der Waals surface area contributed by atoms with Crippen molar-refractivity contribution in [2.75, 3.05) is 0 Å². The highest BCUT2D eigenvalue weighted by Crippen LogP contribution is 2.65. The molecule has 0 radical (unpaired) electrons. The van der Waals surface area contributed by atoms with Gasteiger partial charge in [-0.15, -0.1) is 0 Å². The molecule has 3 aliphatic rings. The second kappa shape index (κ2) is 6.21. The average molecular weight is 356 g/mol. The van der Waals surface area contributed by atoms with Crippen LogP contribution >= 0.6 is 0 Å². The molecule has 0 aromatic heterocycles. The maximum absolute atomic E-state index is 13.1. The Morgan fingerprint density at radius 1 is 1.27 bits per heavy atom. The molecular formula is C22H28O4. The zero-order chi connectivity index (χ0) is 18.5. The molecule has 0 bridgehead atoms. The Morgan fingerprint density at radius 3 is 2.73 bits per heavy atom. The zero-order valence-electron chi connectivity index (χ0n) is 15.6. The van der Waals surface area contributed by atoms with Crippen molar-refractivity contribution in [3.63, 3.8) is 0 Å². The van der Waals surface area contributed by atoms with E-state index in [1.807, 2.05) is 30.3 Å². The number of esters is 1. The SMILES string of the molecule is C=C1CC[C@H]2C(C)(C)CC[C@@H](O)[C@@]23C(=O)O[C@H](OCc2ccccc2)[C@@H]13. The van der Waals surface area contributed by atoms with E-state index in [0.29, 0.717) is 13.0 Å². The molecule has 140 valence electrons. The van der Waals surface area contributed by atoms with Crippen molar-refractivity contribution < 1.29 is 19.4 Å². The Labute approximate surface area is 155 Å². The van der Waals surface area contributed by atoms with Crippen molar-refractivity contribution >= 4 is 5.97 Å². The van der Waals surface area contributed by atoms with Gasteiger partial charge in [-0.25, -0.2) is 0 Å². The van der Waals surface area contributed by atoms with Gasteiger partial charge in [0.15, 0.2) is 0 Å². The van der Waals surface area contributed by atoms with Crippen molar-refractivity contribution in [1.29, 1.82) is 0 Å². The number of carbonyl (C=O) groups excluding carboxylic acids is 1. The first-order valence-corrected chi connectivity index (χ1v) is 9.59. The second-order valence-electron chi connectivity index (χ2n) is 8.77. The van der Waals surface area contributed by atoms with Gasteiger partial charge in [0, 0.05) is 0 Å². The molecule has 1 aromatic rings. The van der Waals surface area contributed by atoms with E-state index in [-0.39, 0.29) is 23.2 Å². The predicted molar refractivity (Wildman–Crippen MR) is 97.9 cm³/mol. The van der Waals surface area contributed by atoms with Crippen LogP contribution in [0.1, 0.15) is 45.1 Å². The Hall–Kier alpha value is -1.65. The zero-order valence-corrected chi connectivity index (χ0v) is 15.6. The fourth-order valence-electron chi connectivity index (χ4n) is 5.66. The first-order chi connectivity index (χ1) is 12.4. The van der Waals surface area contributed by atoms with Crippen molar-refractivity contribution in [2.24, 2.45) is 22.7 Å². The van der Waals surface area contributed by atoms with Crippen LogP contribution < -0.4 is 0 Å². The predicted octanol–water partition coefficient (Wildman–Crippen LogP) is 3.84. The molecule has 1 heterocycles. The molecule has 4 rings (SSSR count). The monoisotopic (exact) mass is 356 g/mol. The first-order valence-electron chi connectivity index (χ1n) is 9.59. The number of hydrogen-bond acceptors (Lipinski definition) is 4. The smallest absolute Gasteiger partial charge is 0.318 e. The van der Waals surface area contributed by atoms with Gasteiger partial charge in [-0.2, -0.15) is 0 Å². The number of cyclic esters (lactones) is 1. The molecule has 0 amide bonds. The molecule has 3 fully saturated rings. The summed E-state index contributed by atoms with van der Waals surface area (Å²) in [6, 6.07) is 9.86. The summed E-state index contributed by atoms with van der Waals surface area (Å²) in [4.78, 5) is 13.1. The molecule has 1 aromatic carbocycles. The fourth-order valence-corrected chi connectivity index (χ4v) is 5.66. The van der Waals surface area contributed by atoms with Gasteiger partial charge in [0.05, 0.1) is 18.6 Å². The van der Waals surface area contributed by atoms with E-state index in [0.717, 1.165) is 30.4 Å². The number of ether oxygens (including phenoxy) is 2. The van der Waals surface area contributed by atoms with Gasteiger partial charge in [-0.1, -0.05) is 56.3 Å². The van der Waals surface area contributed by atoms with Crippen LogP contribution in [0.2, 0.25) is 0 Å². The third kappa shape index (κ3) is 2.46. The van der Waals surface area contributed by atoms with Gasteiger partial charge in [0.2, 0.25) is 6.29 Å². The highest BCUT2D eigenvalue weighted by Gasteiger charge is 2.71. The van der Waals surface area contributed by atoms with E-state index in [4.69, 9.17) is 9.47 Å². The molecule has 0 unspecified atom stereocenters. The first kappa shape index (κ1) is 17.7. The third-order valence-electron chi connectivity index (χ3n) is 6.95. The lowest BCUT2D eigenvalue weighted by molar-refractivity contribution is -0.177. The lowest BCUT2D eigenvalue weighted by Gasteiger charge is -2.56. The van der Waals surface area contributed by atoms with Crippen molar-refractivity contribution in [3.05, 3.63) is 48.0 Å².